The van der Waals surface area contributed by atoms with Crippen LogP contribution in [-0.4, -0.2) is 51.8 Å². The minimum atomic E-state index is -0.904. The summed E-state index contributed by atoms with van der Waals surface area (Å²) in [5, 5.41) is 12.5. The lowest BCUT2D eigenvalue weighted by Gasteiger charge is -2.37. The number of likely N-dealkylation sites (tertiary alicyclic amines) is 1. The van der Waals surface area contributed by atoms with Crippen molar-refractivity contribution in [2.45, 2.75) is 51.3 Å². The first-order chi connectivity index (χ1) is 11.3. The van der Waals surface area contributed by atoms with Crippen molar-refractivity contribution in [1.82, 2.24) is 15.2 Å². The molecule has 7 heteroatoms. The molecule has 24 heavy (non-hydrogen) atoms. The highest BCUT2D eigenvalue weighted by atomic mass is 16.6. The first-order valence-corrected chi connectivity index (χ1v) is 8.12. The van der Waals surface area contributed by atoms with E-state index in [1.165, 1.54) is 0 Å². The number of carboxylic acids is 1. The van der Waals surface area contributed by atoms with Gasteiger partial charge < -0.3 is 15.2 Å². The van der Waals surface area contributed by atoms with Gasteiger partial charge in [-0.25, -0.2) is 4.79 Å². The predicted molar refractivity (Wildman–Crippen MR) is 88.6 cm³/mol. The summed E-state index contributed by atoms with van der Waals surface area (Å²) < 4.78 is 5.28. The maximum atomic E-state index is 11.9. The van der Waals surface area contributed by atoms with Gasteiger partial charge in [-0.3, -0.25) is 14.7 Å². The highest BCUT2D eigenvalue weighted by molar-refractivity contribution is 5.75. The van der Waals surface area contributed by atoms with Crippen LogP contribution >= 0.6 is 0 Å². The Bertz CT molecular complexity index is 571. The van der Waals surface area contributed by atoms with Gasteiger partial charge in [0.2, 0.25) is 0 Å². The highest BCUT2D eigenvalue weighted by Crippen LogP contribution is 2.25. The summed E-state index contributed by atoms with van der Waals surface area (Å²) in [6.07, 6.45) is 4.33. The molecular weight excluding hydrogens is 310 g/mol. The van der Waals surface area contributed by atoms with Gasteiger partial charge in [-0.15, -0.1) is 0 Å². The summed E-state index contributed by atoms with van der Waals surface area (Å²) in [5.41, 5.74) is 0.134. The van der Waals surface area contributed by atoms with E-state index in [0.717, 1.165) is 12.8 Å². The number of nitrogens with one attached hydrogen (secondary N) is 1. The number of aromatic nitrogens is 1. The second-order valence-electron chi connectivity index (χ2n) is 7.00. The fourth-order valence-corrected chi connectivity index (χ4v) is 2.89. The smallest absolute Gasteiger partial charge is 0.407 e. The number of piperidine rings is 1. The third-order valence-electron chi connectivity index (χ3n) is 3.79. The molecule has 1 aliphatic rings. The second-order valence-corrected chi connectivity index (χ2v) is 7.00. The third-order valence-corrected chi connectivity index (χ3v) is 3.79. The van der Waals surface area contributed by atoms with Gasteiger partial charge >= 0.3 is 12.1 Å². The van der Waals surface area contributed by atoms with E-state index < -0.39 is 23.7 Å². The number of carboxylic acid groups (broad SMARTS) is 1. The van der Waals surface area contributed by atoms with Crippen molar-refractivity contribution in [3.8, 4) is 0 Å². The molecule has 0 aromatic carbocycles. The van der Waals surface area contributed by atoms with Crippen molar-refractivity contribution < 1.29 is 19.4 Å². The van der Waals surface area contributed by atoms with Gasteiger partial charge in [-0.1, -0.05) is 0 Å². The summed E-state index contributed by atoms with van der Waals surface area (Å²) in [5.74, 6) is -0.904. The average molecular weight is 335 g/mol. The van der Waals surface area contributed by atoms with Crippen LogP contribution in [-0.2, 0) is 9.53 Å². The molecule has 2 N–H and O–H groups in total. The number of ether oxygens (including phenoxy) is 1. The van der Waals surface area contributed by atoms with Crippen LogP contribution < -0.4 is 5.32 Å². The number of hydrogen-bond donors (Lipinski definition) is 2. The van der Waals surface area contributed by atoms with Gasteiger partial charge in [-0.2, -0.15) is 0 Å². The molecule has 0 radical (unpaired) electrons. The van der Waals surface area contributed by atoms with Crippen molar-refractivity contribution >= 4 is 12.1 Å². The standard InChI is InChI=1S/C17H25N3O4/c1-17(2,3)24-16(23)19-13-5-4-10-20(11-13)14(15(21)22)12-6-8-18-9-7-12/h6-9,13-14H,4-5,10-11H2,1-3H3,(H,19,23)(H,21,22)/t13-,14+/m0/s1. The number of nitrogens with zero attached hydrogens (tertiary/aromatic N) is 2. The van der Waals surface area contributed by atoms with Crippen LogP contribution in [0.2, 0.25) is 0 Å². The minimum Gasteiger partial charge on any atom is -0.480 e. The summed E-state index contributed by atoms with van der Waals surface area (Å²) >= 11 is 0. The lowest BCUT2D eigenvalue weighted by molar-refractivity contribution is -0.144. The second kappa shape index (κ2) is 7.61. The fraction of sp³-hybridized carbons (Fsp3) is 0.588. The normalized spacial score (nSPS) is 20.2. The molecule has 2 atom stereocenters. The monoisotopic (exact) mass is 335 g/mol. The number of rotatable bonds is 4. The van der Waals surface area contributed by atoms with Crippen LogP contribution in [0, 0.1) is 0 Å². The number of pyridine rings is 1. The van der Waals surface area contributed by atoms with Crippen LogP contribution in [0.5, 0.6) is 0 Å². The first-order valence-electron chi connectivity index (χ1n) is 8.12. The van der Waals surface area contributed by atoms with E-state index in [0.29, 0.717) is 18.7 Å². The molecule has 0 spiro atoms. The summed E-state index contributed by atoms with van der Waals surface area (Å²) in [6.45, 7) is 6.57. The van der Waals surface area contributed by atoms with E-state index in [2.05, 4.69) is 10.3 Å². The Morgan fingerprint density at radius 1 is 1.38 bits per heavy atom. The lowest BCUT2D eigenvalue weighted by Crippen LogP contribution is -2.50. The molecular formula is C17H25N3O4. The van der Waals surface area contributed by atoms with Gasteiger partial charge in [0.25, 0.3) is 0 Å². The fourth-order valence-electron chi connectivity index (χ4n) is 2.89. The van der Waals surface area contributed by atoms with Crippen LogP contribution in [0.15, 0.2) is 24.5 Å². The number of carbonyl (C=O) groups is 2. The van der Waals surface area contributed by atoms with Crippen molar-refractivity contribution in [1.29, 1.82) is 0 Å². The van der Waals surface area contributed by atoms with Crippen molar-refractivity contribution in [2.24, 2.45) is 0 Å². The van der Waals surface area contributed by atoms with Gasteiger partial charge in [0.15, 0.2) is 0 Å². The Balaban J connectivity index is 2.03. The molecule has 0 saturated carbocycles. The van der Waals surface area contributed by atoms with E-state index in [1.54, 1.807) is 24.5 Å². The van der Waals surface area contributed by atoms with Crippen LogP contribution in [0.25, 0.3) is 0 Å². The van der Waals surface area contributed by atoms with Crippen molar-refractivity contribution in [3.05, 3.63) is 30.1 Å². The number of alkyl carbamates (subject to hydrolysis) is 1. The number of hydrogen-bond acceptors (Lipinski definition) is 5. The van der Waals surface area contributed by atoms with Crippen molar-refractivity contribution in [2.75, 3.05) is 13.1 Å². The number of amides is 1. The SMILES string of the molecule is CC(C)(C)OC(=O)N[C@H]1CCCN([C@@H](C(=O)O)c2ccncc2)C1. The van der Waals surface area contributed by atoms with Gasteiger partial charge in [0.05, 0.1) is 0 Å². The van der Waals surface area contributed by atoms with E-state index in [9.17, 15) is 14.7 Å². The molecule has 0 bridgehead atoms. The zero-order valence-corrected chi connectivity index (χ0v) is 14.4. The minimum absolute atomic E-state index is 0.128. The number of aliphatic carboxylic acids is 1. The summed E-state index contributed by atoms with van der Waals surface area (Å²) in [7, 11) is 0. The largest absolute Gasteiger partial charge is 0.480 e. The molecule has 2 rings (SSSR count). The van der Waals surface area contributed by atoms with Gasteiger partial charge in [0, 0.05) is 25.0 Å². The average Bonchev–Trinajstić information content (AvgIpc) is 2.46. The maximum Gasteiger partial charge on any atom is 0.407 e. The van der Waals surface area contributed by atoms with E-state index in [4.69, 9.17) is 4.74 Å². The van der Waals surface area contributed by atoms with Crippen LogP contribution in [0.4, 0.5) is 4.79 Å². The Morgan fingerprint density at radius 3 is 2.62 bits per heavy atom. The van der Waals surface area contributed by atoms with E-state index in [1.807, 2.05) is 25.7 Å². The molecule has 1 aromatic heterocycles. The molecule has 1 saturated heterocycles. The molecule has 7 nitrogen and oxygen atoms in total. The molecule has 132 valence electrons. The molecule has 1 fully saturated rings. The van der Waals surface area contributed by atoms with E-state index >= 15 is 0 Å². The van der Waals surface area contributed by atoms with Crippen molar-refractivity contribution in [3.63, 3.8) is 0 Å². The molecule has 0 unspecified atom stereocenters. The molecule has 1 aromatic rings. The quantitative estimate of drug-likeness (QED) is 0.876. The maximum absolute atomic E-state index is 11.9. The Morgan fingerprint density at radius 2 is 2.04 bits per heavy atom. The Hall–Kier alpha value is -2.15. The topological polar surface area (TPSA) is 91.8 Å². The summed E-state index contributed by atoms with van der Waals surface area (Å²) in [4.78, 5) is 29.5. The first kappa shape index (κ1) is 18.2. The highest BCUT2D eigenvalue weighted by Gasteiger charge is 2.32. The van der Waals surface area contributed by atoms with E-state index in [-0.39, 0.29) is 6.04 Å². The zero-order valence-electron chi connectivity index (χ0n) is 14.4. The number of carbonyl (C=O) groups excluding carboxylic acids is 1. The molecule has 1 aliphatic heterocycles. The van der Waals surface area contributed by atoms with Gasteiger partial charge in [0.1, 0.15) is 11.6 Å². The van der Waals surface area contributed by atoms with Crippen LogP contribution in [0.3, 0.4) is 0 Å². The lowest BCUT2D eigenvalue weighted by atomic mass is 10.00. The molecule has 1 amide bonds. The zero-order chi connectivity index (χ0) is 17.7. The third kappa shape index (κ3) is 5.19. The molecule has 0 aliphatic carbocycles. The van der Waals surface area contributed by atoms with Gasteiger partial charge in [-0.05, 0) is 57.9 Å². The summed E-state index contributed by atoms with van der Waals surface area (Å²) in [6, 6.07) is 2.56. The predicted octanol–water partition coefficient (Wildman–Crippen LogP) is 2.20. The molecule has 2 heterocycles. The van der Waals surface area contributed by atoms with Crippen LogP contribution in [0.1, 0.15) is 45.2 Å². The Labute approximate surface area is 142 Å². The Kier molecular flexibility index (Phi) is 5.77.